The SMILES string of the molecule is C=CCN(CC(=O)Nc1nc(C)cs1)C(=O)C1CCCCC1. The minimum Gasteiger partial charge on any atom is -0.329 e. The lowest BCUT2D eigenvalue weighted by molar-refractivity contribution is -0.138. The zero-order valence-corrected chi connectivity index (χ0v) is 13.8. The predicted octanol–water partition coefficient (Wildman–Crippen LogP) is 2.98. The number of carbonyl (C=O) groups excluding carboxylic acids is 2. The summed E-state index contributed by atoms with van der Waals surface area (Å²) in [4.78, 5) is 30.5. The largest absolute Gasteiger partial charge is 0.329 e. The van der Waals surface area contributed by atoms with Crippen LogP contribution in [0.1, 0.15) is 37.8 Å². The van der Waals surface area contributed by atoms with Gasteiger partial charge in [0.25, 0.3) is 0 Å². The van der Waals surface area contributed by atoms with Gasteiger partial charge >= 0.3 is 0 Å². The van der Waals surface area contributed by atoms with Crippen LogP contribution in [0, 0.1) is 12.8 Å². The monoisotopic (exact) mass is 321 g/mol. The van der Waals surface area contributed by atoms with Crippen molar-refractivity contribution in [3.8, 4) is 0 Å². The standard InChI is InChI=1S/C16H23N3O2S/c1-3-9-19(15(21)13-7-5-4-6-8-13)10-14(20)18-16-17-12(2)11-22-16/h3,11,13H,1,4-10H2,2H3,(H,17,18,20). The van der Waals surface area contributed by atoms with E-state index < -0.39 is 0 Å². The molecule has 1 aliphatic carbocycles. The van der Waals surface area contributed by atoms with E-state index in [9.17, 15) is 9.59 Å². The molecule has 0 atom stereocenters. The zero-order valence-electron chi connectivity index (χ0n) is 13.0. The van der Waals surface area contributed by atoms with Crippen LogP contribution in [0.15, 0.2) is 18.0 Å². The Morgan fingerprint density at radius 2 is 2.18 bits per heavy atom. The van der Waals surface area contributed by atoms with Crippen molar-refractivity contribution in [1.82, 2.24) is 9.88 Å². The van der Waals surface area contributed by atoms with Gasteiger partial charge in [0.15, 0.2) is 5.13 Å². The fraction of sp³-hybridized carbons (Fsp3) is 0.562. The number of rotatable bonds is 6. The molecule has 1 heterocycles. The maximum absolute atomic E-state index is 12.6. The number of thiazole rings is 1. The van der Waals surface area contributed by atoms with Gasteiger partial charge in [-0.25, -0.2) is 4.98 Å². The second-order valence-electron chi connectivity index (χ2n) is 5.68. The molecule has 6 heteroatoms. The van der Waals surface area contributed by atoms with Gasteiger partial charge in [0.1, 0.15) is 6.54 Å². The average molecular weight is 321 g/mol. The quantitative estimate of drug-likeness (QED) is 0.819. The summed E-state index contributed by atoms with van der Waals surface area (Å²) in [6.07, 6.45) is 6.93. The molecule has 1 saturated carbocycles. The Hall–Kier alpha value is -1.69. The second-order valence-corrected chi connectivity index (χ2v) is 6.54. The number of amides is 2. The van der Waals surface area contributed by atoms with Gasteiger partial charge in [-0.05, 0) is 19.8 Å². The number of nitrogens with one attached hydrogen (secondary N) is 1. The van der Waals surface area contributed by atoms with E-state index in [0.29, 0.717) is 11.7 Å². The maximum Gasteiger partial charge on any atom is 0.245 e. The summed E-state index contributed by atoms with van der Waals surface area (Å²) < 4.78 is 0. The van der Waals surface area contributed by atoms with Crippen molar-refractivity contribution in [1.29, 1.82) is 0 Å². The number of aryl methyl sites for hydroxylation is 1. The van der Waals surface area contributed by atoms with E-state index in [0.717, 1.165) is 31.4 Å². The predicted molar refractivity (Wildman–Crippen MR) is 88.8 cm³/mol. The van der Waals surface area contributed by atoms with Crippen LogP contribution in [0.25, 0.3) is 0 Å². The van der Waals surface area contributed by atoms with E-state index in [1.165, 1.54) is 17.8 Å². The third-order valence-corrected chi connectivity index (χ3v) is 4.69. The number of carbonyl (C=O) groups is 2. The van der Waals surface area contributed by atoms with Crippen LogP contribution in [0.4, 0.5) is 5.13 Å². The van der Waals surface area contributed by atoms with Gasteiger partial charge in [0, 0.05) is 17.8 Å². The van der Waals surface area contributed by atoms with Crippen LogP contribution in [0.2, 0.25) is 0 Å². The lowest BCUT2D eigenvalue weighted by atomic mass is 9.88. The first-order valence-corrected chi connectivity index (χ1v) is 8.59. The smallest absolute Gasteiger partial charge is 0.245 e. The Morgan fingerprint density at radius 3 is 2.77 bits per heavy atom. The summed E-state index contributed by atoms with van der Waals surface area (Å²) in [5.41, 5.74) is 0.876. The molecule has 2 amide bonds. The minimum absolute atomic E-state index is 0.0555. The molecule has 1 N–H and O–H groups in total. The molecule has 0 spiro atoms. The Bertz CT molecular complexity index is 535. The molecule has 0 bridgehead atoms. The van der Waals surface area contributed by atoms with Gasteiger partial charge in [-0.1, -0.05) is 25.3 Å². The molecule has 2 rings (SSSR count). The molecule has 22 heavy (non-hydrogen) atoms. The van der Waals surface area contributed by atoms with E-state index in [-0.39, 0.29) is 24.3 Å². The zero-order chi connectivity index (χ0) is 15.9. The van der Waals surface area contributed by atoms with E-state index >= 15 is 0 Å². The van der Waals surface area contributed by atoms with Crippen LogP contribution in [0.3, 0.4) is 0 Å². The Labute approximate surface area is 135 Å². The topological polar surface area (TPSA) is 62.3 Å². The van der Waals surface area contributed by atoms with Crippen molar-refractivity contribution in [2.45, 2.75) is 39.0 Å². The fourth-order valence-electron chi connectivity index (χ4n) is 2.74. The number of hydrogen-bond donors (Lipinski definition) is 1. The number of nitrogens with zero attached hydrogens (tertiary/aromatic N) is 2. The van der Waals surface area contributed by atoms with E-state index in [1.807, 2.05) is 12.3 Å². The summed E-state index contributed by atoms with van der Waals surface area (Å²) in [6.45, 7) is 6.02. The van der Waals surface area contributed by atoms with Crippen molar-refractivity contribution in [2.75, 3.05) is 18.4 Å². The number of aromatic nitrogens is 1. The summed E-state index contributed by atoms with van der Waals surface area (Å²) in [6, 6.07) is 0. The first-order chi connectivity index (χ1) is 10.6. The highest BCUT2D eigenvalue weighted by atomic mass is 32.1. The first-order valence-electron chi connectivity index (χ1n) is 7.72. The van der Waals surface area contributed by atoms with Crippen molar-refractivity contribution in [3.05, 3.63) is 23.7 Å². The molecule has 0 saturated heterocycles. The van der Waals surface area contributed by atoms with Gasteiger partial charge in [-0.3, -0.25) is 9.59 Å². The molecule has 120 valence electrons. The highest BCUT2D eigenvalue weighted by Gasteiger charge is 2.26. The van der Waals surface area contributed by atoms with E-state index in [1.54, 1.807) is 11.0 Å². The molecule has 1 aromatic heterocycles. The highest BCUT2D eigenvalue weighted by molar-refractivity contribution is 7.13. The Balaban J connectivity index is 1.93. The van der Waals surface area contributed by atoms with Crippen molar-refractivity contribution in [3.63, 3.8) is 0 Å². The molecule has 5 nitrogen and oxygen atoms in total. The summed E-state index contributed by atoms with van der Waals surface area (Å²) in [5.74, 6) is -0.0750. The van der Waals surface area contributed by atoms with Gasteiger partial charge in [-0.2, -0.15) is 0 Å². The second kappa shape index (κ2) is 8.08. The molecule has 0 aliphatic heterocycles. The lowest BCUT2D eigenvalue weighted by Gasteiger charge is -2.28. The molecule has 0 unspecified atom stereocenters. The van der Waals surface area contributed by atoms with E-state index in [4.69, 9.17) is 0 Å². The van der Waals surface area contributed by atoms with Crippen LogP contribution < -0.4 is 5.32 Å². The minimum atomic E-state index is -0.208. The number of anilines is 1. The van der Waals surface area contributed by atoms with Gasteiger partial charge < -0.3 is 10.2 Å². The molecule has 1 fully saturated rings. The average Bonchev–Trinajstić information content (AvgIpc) is 2.92. The Kier molecular flexibility index (Phi) is 6.12. The molecule has 0 aromatic carbocycles. The van der Waals surface area contributed by atoms with Crippen LogP contribution in [-0.4, -0.2) is 34.8 Å². The lowest BCUT2D eigenvalue weighted by Crippen LogP contribution is -2.42. The third kappa shape index (κ3) is 4.66. The first kappa shape index (κ1) is 16.7. The van der Waals surface area contributed by atoms with Crippen molar-refractivity contribution >= 4 is 28.3 Å². The van der Waals surface area contributed by atoms with E-state index in [2.05, 4.69) is 16.9 Å². The normalized spacial score (nSPS) is 15.3. The van der Waals surface area contributed by atoms with Gasteiger partial charge in [0.05, 0.1) is 5.69 Å². The molecule has 1 aliphatic rings. The summed E-state index contributed by atoms with van der Waals surface area (Å²) in [5, 5.41) is 5.20. The van der Waals surface area contributed by atoms with Crippen molar-refractivity contribution < 1.29 is 9.59 Å². The maximum atomic E-state index is 12.6. The fourth-order valence-corrected chi connectivity index (χ4v) is 3.44. The Morgan fingerprint density at radius 1 is 1.45 bits per heavy atom. The van der Waals surface area contributed by atoms with Crippen LogP contribution >= 0.6 is 11.3 Å². The molecular weight excluding hydrogens is 298 g/mol. The third-order valence-electron chi connectivity index (χ3n) is 3.82. The van der Waals surface area contributed by atoms with Gasteiger partial charge in [0.2, 0.25) is 11.8 Å². The number of hydrogen-bond acceptors (Lipinski definition) is 4. The van der Waals surface area contributed by atoms with Crippen molar-refractivity contribution in [2.24, 2.45) is 5.92 Å². The molecule has 0 radical (unpaired) electrons. The molecular formula is C16H23N3O2S. The molecule has 1 aromatic rings. The van der Waals surface area contributed by atoms with Crippen LogP contribution in [0.5, 0.6) is 0 Å². The highest BCUT2D eigenvalue weighted by Crippen LogP contribution is 2.25. The summed E-state index contributed by atoms with van der Waals surface area (Å²) >= 11 is 1.39. The van der Waals surface area contributed by atoms with Gasteiger partial charge in [-0.15, -0.1) is 17.9 Å². The van der Waals surface area contributed by atoms with Crippen LogP contribution in [-0.2, 0) is 9.59 Å². The summed E-state index contributed by atoms with van der Waals surface area (Å²) in [7, 11) is 0.